The van der Waals surface area contributed by atoms with Crippen molar-refractivity contribution in [3.05, 3.63) is 0 Å². The molecule has 1 rings (SSSR count). The summed E-state index contributed by atoms with van der Waals surface area (Å²) in [6.45, 7) is 7.41. The maximum Gasteiger partial charge on any atom is 0.242 e. The molecule has 0 bridgehead atoms. The fourth-order valence-electron chi connectivity index (χ4n) is 3.21. The Morgan fingerprint density at radius 1 is 1.26 bits per heavy atom. The van der Waals surface area contributed by atoms with Crippen molar-refractivity contribution in [3.8, 4) is 0 Å². The number of carbonyl (C=O) groups is 2. The molecule has 0 aromatic heterocycles. The van der Waals surface area contributed by atoms with Crippen molar-refractivity contribution >= 4 is 11.8 Å². The fraction of sp³-hybridized carbons (Fsp3) is 0.889. The Kier molecular flexibility index (Phi) is 9.22. The number of hydrogen-bond donors (Lipinski definition) is 2. The quantitative estimate of drug-likeness (QED) is 0.640. The molecule has 134 valence electrons. The smallest absolute Gasteiger partial charge is 0.242 e. The second-order valence-corrected chi connectivity index (χ2v) is 6.88. The highest BCUT2D eigenvalue weighted by Crippen LogP contribution is 2.29. The Morgan fingerprint density at radius 2 is 1.96 bits per heavy atom. The van der Waals surface area contributed by atoms with E-state index in [0.29, 0.717) is 19.1 Å². The Morgan fingerprint density at radius 3 is 2.57 bits per heavy atom. The standard InChI is InChI=1S/C18H34N2O3/c1-5-13(2)16(18(22)19-11-8-12-23-4)20-17(21)15-10-7-6-9-14(15)3/h13-16H,5-12H2,1-4H3,(H,19,22)(H,20,21)/t13-,14-,15+,16-/m0/s1. The molecule has 0 unspecified atom stereocenters. The molecule has 4 atom stereocenters. The van der Waals surface area contributed by atoms with E-state index < -0.39 is 6.04 Å². The van der Waals surface area contributed by atoms with Gasteiger partial charge in [0, 0.05) is 26.2 Å². The summed E-state index contributed by atoms with van der Waals surface area (Å²) < 4.78 is 4.99. The van der Waals surface area contributed by atoms with Crippen LogP contribution in [0.3, 0.4) is 0 Å². The van der Waals surface area contributed by atoms with Crippen molar-refractivity contribution in [1.82, 2.24) is 10.6 Å². The fourth-order valence-corrected chi connectivity index (χ4v) is 3.21. The van der Waals surface area contributed by atoms with Crippen molar-refractivity contribution in [2.75, 3.05) is 20.3 Å². The van der Waals surface area contributed by atoms with Gasteiger partial charge in [0.1, 0.15) is 6.04 Å². The molecule has 5 nitrogen and oxygen atoms in total. The van der Waals surface area contributed by atoms with Crippen molar-refractivity contribution < 1.29 is 14.3 Å². The van der Waals surface area contributed by atoms with Gasteiger partial charge in [-0.2, -0.15) is 0 Å². The lowest BCUT2D eigenvalue weighted by atomic mass is 9.79. The van der Waals surface area contributed by atoms with Gasteiger partial charge in [0.05, 0.1) is 0 Å². The largest absolute Gasteiger partial charge is 0.385 e. The molecule has 0 radical (unpaired) electrons. The van der Waals surface area contributed by atoms with E-state index in [9.17, 15) is 9.59 Å². The lowest BCUT2D eigenvalue weighted by Crippen LogP contribution is -2.52. The summed E-state index contributed by atoms with van der Waals surface area (Å²) in [4.78, 5) is 25.0. The highest BCUT2D eigenvalue weighted by Gasteiger charge is 2.32. The Hall–Kier alpha value is -1.10. The third-order valence-electron chi connectivity index (χ3n) is 5.07. The van der Waals surface area contributed by atoms with Crippen LogP contribution in [0.1, 0.15) is 59.3 Å². The molecule has 2 amide bonds. The number of rotatable bonds is 9. The van der Waals surface area contributed by atoms with Crippen LogP contribution in [0.15, 0.2) is 0 Å². The lowest BCUT2D eigenvalue weighted by Gasteiger charge is -2.31. The first kappa shape index (κ1) is 19.9. The molecule has 0 aromatic carbocycles. The number of methoxy groups -OCH3 is 1. The number of hydrogen-bond acceptors (Lipinski definition) is 3. The van der Waals surface area contributed by atoms with E-state index in [-0.39, 0.29) is 23.7 Å². The molecular formula is C18H34N2O3. The van der Waals surface area contributed by atoms with Crippen molar-refractivity contribution in [1.29, 1.82) is 0 Å². The van der Waals surface area contributed by atoms with Crippen molar-refractivity contribution in [2.45, 2.75) is 65.3 Å². The molecule has 1 aliphatic rings. The van der Waals surface area contributed by atoms with Crippen LogP contribution >= 0.6 is 0 Å². The topological polar surface area (TPSA) is 67.4 Å². The van der Waals surface area contributed by atoms with Crippen molar-refractivity contribution in [3.63, 3.8) is 0 Å². The molecule has 5 heteroatoms. The Labute approximate surface area is 140 Å². The second-order valence-electron chi connectivity index (χ2n) is 6.88. The Bertz CT molecular complexity index is 373. The van der Waals surface area contributed by atoms with Gasteiger partial charge in [-0.15, -0.1) is 0 Å². The van der Waals surface area contributed by atoms with E-state index in [1.165, 1.54) is 6.42 Å². The molecule has 1 saturated carbocycles. The zero-order valence-electron chi connectivity index (χ0n) is 15.2. The molecule has 0 aromatic rings. The third-order valence-corrected chi connectivity index (χ3v) is 5.07. The van der Waals surface area contributed by atoms with Crippen LogP contribution in [-0.4, -0.2) is 38.1 Å². The summed E-state index contributed by atoms with van der Waals surface area (Å²) in [6.07, 6.45) is 6.00. The zero-order valence-corrected chi connectivity index (χ0v) is 15.2. The molecular weight excluding hydrogens is 292 g/mol. The Balaban J connectivity index is 2.59. The normalized spacial score (nSPS) is 23.8. The average molecular weight is 326 g/mol. The van der Waals surface area contributed by atoms with Crippen LogP contribution < -0.4 is 10.6 Å². The minimum absolute atomic E-state index is 0.0505. The van der Waals surface area contributed by atoms with E-state index in [1.807, 2.05) is 13.8 Å². The highest BCUT2D eigenvalue weighted by molar-refractivity contribution is 5.88. The van der Waals surface area contributed by atoms with E-state index in [4.69, 9.17) is 4.74 Å². The van der Waals surface area contributed by atoms with Crippen LogP contribution in [0.2, 0.25) is 0 Å². The van der Waals surface area contributed by atoms with Crippen molar-refractivity contribution in [2.24, 2.45) is 17.8 Å². The minimum Gasteiger partial charge on any atom is -0.385 e. The van der Waals surface area contributed by atoms with Gasteiger partial charge >= 0.3 is 0 Å². The first-order chi connectivity index (χ1) is 11.0. The molecule has 0 heterocycles. The predicted octanol–water partition coefficient (Wildman–Crippen LogP) is 2.50. The molecule has 1 aliphatic carbocycles. The molecule has 0 aliphatic heterocycles. The lowest BCUT2D eigenvalue weighted by molar-refractivity contribution is -0.133. The summed E-state index contributed by atoms with van der Waals surface area (Å²) in [5.74, 6) is 0.560. The van der Waals surface area contributed by atoms with Gasteiger partial charge in [-0.1, -0.05) is 40.0 Å². The molecule has 2 N–H and O–H groups in total. The summed E-state index contributed by atoms with van der Waals surface area (Å²) >= 11 is 0. The van der Waals surface area contributed by atoms with E-state index in [1.54, 1.807) is 7.11 Å². The third kappa shape index (κ3) is 6.50. The first-order valence-corrected chi connectivity index (χ1v) is 9.08. The van der Waals surface area contributed by atoms with Gasteiger partial charge in [-0.05, 0) is 31.1 Å². The monoisotopic (exact) mass is 326 g/mol. The van der Waals surface area contributed by atoms with Crippen LogP contribution in [-0.2, 0) is 14.3 Å². The molecule has 23 heavy (non-hydrogen) atoms. The van der Waals surface area contributed by atoms with Gasteiger partial charge in [-0.3, -0.25) is 9.59 Å². The van der Waals surface area contributed by atoms with Crippen LogP contribution in [0.4, 0.5) is 0 Å². The van der Waals surface area contributed by atoms with Gasteiger partial charge in [0.2, 0.25) is 11.8 Å². The predicted molar refractivity (Wildman–Crippen MR) is 92.0 cm³/mol. The highest BCUT2D eigenvalue weighted by atomic mass is 16.5. The van der Waals surface area contributed by atoms with Gasteiger partial charge in [0.15, 0.2) is 0 Å². The SMILES string of the molecule is CC[C@H](C)[C@H](NC(=O)[C@@H]1CCCC[C@@H]1C)C(=O)NCCCOC. The zero-order chi connectivity index (χ0) is 17.2. The first-order valence-electron chi connectivity index (χ1n) is 9.08. The van der Waals surface area contributed by atoms with Gasteiger partial charge in [0.25, 0.3) is 0 Å². The maximum atomic E-state index is 12.6. The number of amides is 2. The summed E-state index contributed by atoms with van der Waals surface area (Å²) in [6, 6.07) is -0.441. The minimum atomic E-state index is -0.441. The number of ether oxygens (including phenoxy) is 1. The van der Waals surface area contributed by atoms with Crippen LogP contribution in [0.25, 0.3) is 0 Å². The summed E-state index contributed by atoms with van der Waals surface area (Å²) in [5, 5.41) is 5.94. The van der Waals surface area contributed by atoms with Crippen LogP contribution in [0.5, 0.6) is 0 Å². The maximum absolute atomic E-state index is 12.6. The molecule has 1 fully saturated rings. The van der Waals surface area contributed by atoms with Crippen LogP contribution in [0, 0.1) is 17.8 Å². The van der Waals surface area contributed by atoms with E-state index in [2.05, 4.69) is 17.6 Å². The summed E-state index contributed by atoms with van der Waals surface area (Å²) in [7, 11) is 1.65. The molecule has 0 saturated heterocycles. The summed E-state index contributed by atoms with van der Waals surface area (Å²) in [5.41, 5.74) is 0. The molecule has 0 spiro atoms. The van der Waals surface area contributed by atoms with E-state index in [0.717, 1.165) is 32.1 Å². The van der Waals surface area contributed by atoms with E-state index >= 15 is 0 Å². The average Bonchev–Trinajstić information content (AvgIpc) is 2.55. The van der Waals surface area contributed by atoms with Gasteiger partial charge < -0.3 is 15.4 Å². The van der Waals surface area contributed by atoms with Gasteiger partial charge in [-0.25, -0.2) is 0 Å². The number of nitrogens with one attached hydrogen (secondary N) is 2. The second kappa shape index (κ2) is 10.6. The number of carbonyl (C=O) groups excluding carboxylic acids is 2.